The zero-order valence-electron chi connectivity index (χ0n) is 11.3. The number of fused-ring (bicyclic) bond motifs is 1. The van der Waals surface area contributed by atoms with Crippen LogP contribution in [0, 0.1) is 0 Å². The molecule has 0 radical (unpaired) electrons. The summed E-state index contributed by atoms with van der Waals surface area (Å²) >= 11 is 6.88. The van der Waals surface area contributed by atoms with Gasteiger partial charge < -0.3 is 4.74 Å². The van der Waals surface area contributed by atoms with Gasteiger partial charge in [-0.05, 0) is 30.3 Å². The Bertz CT molecular complexity index is 923. The van der Waals surface area contributed by atoms with Crippen molar-refractivity contribution < 1.29 is 13.2 Å². The topological polar surface area (TPSA) is 81.2 Å². The highest BCUT2D eigenvalue weighted by Crippen LogP contribution is 2.30. The van der Waals surface area contributed by atoms with Gasteiger partial charge in [-0.2, -0.15) is 0 Å². The van der Waals surface area contributed by atoms with Crippen LogP contribution in [0.3, 0.4) is 0 Å². The van der Waals surface area contributed by atoms with E-state index in [1.807, 2.05) is 0 Å². The number of anilines is 1. The standard InChI is InChI=1S/C13H10ClN3O3S2/c1-20-8-2-4-10-11(6-8)21-13(16-10)17-22(18,19)9-3-5-12(14)15-7-9/h2-7H,1H3,(H,16,17). The van der Waals surface area contributed by atoms with Crippen LogP contribution < -0.4 is 9.46 Å². The number of hydrogen-bond acceptors (Lipinski definition) is 6. The monoisotopic (exact) mass is 355 g/mol. The Morgan fingerprint density at radius 3 is 2.77 bits per heavy atom. The molecular formula is C13H10ClN3O3S2. The summed E-state index contributed by atoms with van der Waals surface area (Å²) in [4.78, 5) is 8.03. The molecule has 0 amide bonds. The van der Waals surface area contributed by atoms with Gasteiger partial charge in [0.2, 0.25) is 0 Å². The van der Waals surface area contributed by atoms with Crippen molar-refractivity contribution >= 4 is 48.3 Å². The highest BCUT2D eigenvalue weighted by atomic mass is 35.5. The molecule has 3 rings (SSSR count). The van der Waals surface area contributed by atoms with E-state index >= 15 is 0 Å². The zero-order chi connectivity index (χ0) is 15.7. The van der Waals surface area contributed by atoms with Crippen molar-refractivity contribution in [2.75, 3.05) is 11.8 Å². The number of sulfonamides is 1. The lowest BCUT2D eigenvalue weighted by atomic mass is 10.3. The van der Waals surface area contributed by atoms with Gasteiger partial charge in [-0.3, -0.25) is 4.72 Å². The van der Waals surface area contributed by atoms with Gasteiger partial charge >= 0.3 is 0 Å². The SMILES string of the molecule is COc1ccc2nc(NS(=O)(=O)c3ccc(Cl)nc3)sc2c1. The Balaban J connectivity index is 1.93. The third-order valence-electron chi connectivity index (χ3n) is 2.83. The number of pyridine rings is 1. The molecule has 1 aromatic carbocycles. The molecule has 0 unspecified atom stereocenters. The molecule has 0 saturated heterocycles. The highest BCUT2D eigenvalue weighted by Gasteiger charge is 2.17. The Morgan fingerprint density at radius 1 is 1.27 bits per heavy atom. The number of aromatic nitrogens is 2. The first-order chi connectivity index (χ1) is 10.5. The maximum Gasteiger partial charge on any atom is 0.265 e. The molecule has 1 N–H and O–H groups in total. The molecule has 9 heteroatoms. The second kappa shape index (κ2) is 5.71. The largest absolute Gasteiger partial charge is 0.497 e. The summed E-state index contributed by atoms with van der Waals surface area (Å²) < 4.78 is 32.9. The lowest BCUT2D eigenvalue weighted by Gasteiger charge is -2.04. The molecular weight excluding hydrogens is 346 g/mol. The number of nitrogens with one attached hydrogen (secondary N) is 1. The second-order valence-corrected chi connectivity index (χ2v) is 7.38. The van der Waals surface area contributed by atoms with Crippen LogP contribution in [0.5, 0.6) is 5.75 Å². The number of hydrogen-bond donors (Lipinski definition) is 1. The van der Waals surface area contributed by atoms with Crippen LogP contribution in [0.25, 0.3) is 10.2 Å². The first kappa shape index (κ1) is 15.0. The van der Waals surface area contributed by atoms with Gasteiger partial charge in [-0.25, -0.2) is 18.4 Å². The van der Waals surface area contributed by atoms with Crippen LogP contribution in [0.4, 0.5) is 5.13 Å². The molecule has 22 heavy (non-hydrogen) atoms. The highest BCUT2D eigenvalue weighted by molar-refractivity contribution is 7.93. The molecule has 0 fully saturated rings. The molecule has 0 spiro atoms. The van der Waals surface area contributed by atoms with E-state index in [0.29, 0.717) is 11.3 Å². The molecule has 0 atom stereocenters. The van der Waals surface area contributed by atoms with Gasteiger partial charge in [0, 0.05) is 6.20 Å². The minimum Gasteiger partial charge on any atom is -0.497 e. The smallest absolute Gasteiger partial charge is 0.265 e. The summed E-state index contributed by atoms with van der Waals surface area (Å²) in [6.45, 7) is 0. The van der Waals surface area contributed by atoms with Crippen LogP contribution >= 0.6 is 22.9 Å². The molecule has 2 heterocycles. The van der Waals surface area contributed by atoms with E-state index in [0.717, 1.165) is 4.70 Å². The summed E-state index contributed by atoms with van der Waals surface area (Å²) in [6.07, 6.45) is 1.20. The first-order valence-electron chi connectivity index (χ1n) is 6.07. The molecule has 0 bridgehead atoms. The van der Waals surface area contributed by atoms with Gasteiger partial charge in [0.15, 0.2) is 5.13 Å². The fourth-order valence-electron chi connectivity index (χ4n) is 1.77. The fourth-order valence-corrected chi connectivity index (χ4v) is 3.96. The third-order valence-corrected chi connectivity index (χ3v) is 5.44. The van der Waals surface area contributed by atoms with E-state index in [-0.39, 0.29) is 15.2 Å². The van der Waals surface area contributed by atoms with Gasteiger partial charge in [0.1, 0.15) is 15.8 Å². The Kier molecular flexibility index (Phi) is 3.90. The summed E-state index contributed by atoms with van der Waals surface area (Å²) in [7, 11) is -2.18. The van der Waals surface area contributed by atoms with Crippen LogP contribution in [-0.2, 0) is 10.0 Å². The fraction of sp³-hybridized carbons (Fsp3) is 0.0769. The number of nitrogens with zero attached hydrogens (tertiary/aromatic N) is 2. The predicted molar refractivity (Wildman–Crippen MR) is 86.2 cm³/mol. The van der Waals surface area contributed by atoms with Crippen molar-refractivity contribution in [3.05, 3.63) is 41.7 Å². The molecule has 3 aromatic rings. The van der Waals surface area contributed by atoms with Crippen LogP contribution in [0.15, 0.2) is 41.4 Å². The summed E-state index contributed by atoms with van der Waals surface area (Å²) in [6, 6.07) is 8.14. The third kappa shape index (κ3) is 2.99. The molecule has 114 valence electrons. The Labute approximate surface area is 135 Å². The maximum absolute atomic E-state index is 12.3. The summed E-state index contributed by atoms with van der Waals surface area (Å²) in [5, 5.41) is 0.504. The molecule has 6 nitrogen and oxygen atoms in total. The van der Waals surface area contributed by atoms with Crippen molar-refractivity contribution in [3.63, 3.8) is 0 Å². The Hall–Kier alpha value is -1.90. The number of methoxy groups -OCH3 is 1. The summed E-state index contributed by atoms with van der Waals surface area (Å²) in [5.41, 5.74) is 0.692. The lowest BCUT2D eigenvalue weighted by Crippen LogP contribution is -2.12. The number of thiazole rings is 1. The van der Waals surface area contributed by atoms with E-state index < -0.39 is 10.0 Å². The van der Waals surface area contributed by atoms with Gasteiger partial charge in [-0.15, -0.1) is 0 Å². The van der Waals surface area contributed by atoms with E-state index in [9.17, 15) is 8.42 Å². The van der Waals surface area contributed by atoms with Crippen molar-refractivity contribution in [1.82, 2.24) is 9.97 Å². The van der Waals surface area contributed by atoms with E-state index in [1.165, 1.54) is 29.7 Å². The van der Waals surface area contributed by atoms with Crippen molar-refractivity contribution in [1.29, 1.82) is 0 Å². The zero-order valence-corrected chi connectivity index (χ0v) is 13.7. The minimum atomic E-state index is -3.75. The van der Waals surface area contributed by atoms with E-state index in [4.69, 9.17) is 16.3 Å². The predicted octanol–water partition coefficient (Wildman–Crippen LogP) is 3.15. The quantitative estimate of drug-likeness (QED) is 0.727. The van der Waals surface area contributed by atoms with Crippen LogP contribution in [0.2, 0.25) is 5.15 Å². The van der Waals surface area contributed by atoms with E-state index in [2.05, 4.69) is 14.7 Å². The molecule has 0 aliphatic heterocycles. The number of halogens is 1. The number of benzene rings is 1. The molecule has 0 saturated carbocycles. The number of rotatable bonds is 4. The van der Waals surface area contributed by atoms with Crippen molar-refractivity contribution in [2.24, 2.45) is 0 Å². The minimum absolute atomic E-state index is 0.0220. The van der Waals surface area contributed by atoms with Gasteiger partial charge in [-0.1, -0.05) is 22.9 Å². The number of ether oxygens (including phenoxy) is 1. The average Bonchev–Trinajstić information content (AvgIpc) is 2.87. The van der Waals surface area contributed by atoms with Crippen molar-refractivity contribution in [3.8, 4) is 5.75 Å². The van der Waals surface area contributed by atoms with Crippen LogP contribution in [-0.4, -0.2) is 25.5 Å². The maximum atomic E-state index is 12.3. The van der Waals surface area contributed by atoms with Crippen molar-refractivity contribution in [2.45, 2.75) is 4.90 Å². The normalized spacial score (nSPS) is 11.5. The Morgan fingerprint density at radius 2 is 2.09 bits per heavy atom. The van der Waals surface area contributed by atoms with Crippen LogP contribution in [0.1, 0.15) is 0 Å². The summed E-state index contributed by atoms with van der Waals surface area (Å²) in [5.74, 6) is 0.687. The van der Waals surface area contributed by atoms with E-state index in [1.54, 1.807) is 25.3 Å². The molecule has 0 aliphatic carbocycles. The van der Waals surface area contributed by atoms with Gasteiger partial charge in [0.05, 0.1) is 17.3 Å². The average molecular weight is 356 g/mol. The lowest BCUT2D eigenvalue weighted by molar-refractivity contribution is 0.415. The van der Waals surface area contributed by atoms with Gasteiger partial charge in [0.25, 0.3) is 10.0 Å². The second-order valence-electron chi connectivity index (χ2n) is 4.27. The molecule has 0 aliphatic rings. The first-order valence-corrected chi connectivity index (χ1v) is 8.75. The molecule has 2 aromatic heterocycles.